The van der Waals surface area contributed by atoms with Gasteiger partial charge in [0.05, 0.1) is 11.6 Å². The molecule has 2 aromatic carbocycles. The summed E-state index contributed by atoms with van der Waals surface area (Å²) in [6.07, 6.45) is 1.44. The van der Waals surface area contributed by atoms with E-state index in [4.69, 9.17) is 4.74 Å². The highest BCUT2D eigenvalue weighted by Crippen LogP contribution is 2.32. The van der Waals surface area contributed by atoms with Crippen molar-refractivity contribution >= 4 is 27.5 Å². The molecule has 10 heteroatoms. The van der Waals surface area contributed by atoms with Crippen LogP contribution in [0.1, 0.15) is 10.5 Å². The number of hydrogen-bond acceptors (Lipinski definition) is 4. The van der Waals surface area contributed by atoms with Crippen LogP contribution in [0, 0.1) is 5.82 Å². The molecule has 146 valence electrons. The molecular weight excluding hydrogens is 443 g/mol. The van der Waals surface area contributed by atoms with Gasteiger partial charge >= 0.3 is 6.61 Å². The van der Waals surface area contributed by atoms with Crippen molar-refractivity contribution in [3.05, 3.63) is 64.6 Å². The Morgan fingerprint density at radius 2 is 1.96 bits per heavy atom. The first-order chi connectivity index (χ1) is 13.4. The van der Waals surface area contributed by atoms with Gasteiger partial charge in [0.1, 0.15) is 11.5 Å². The van der Waals surface area contributed by atoms with E-state index in [-0.39, 0.29) is 28.6 Å². The second-order valence-corrected chi connectivity index (χ2v) is 6.27. The summed E-state index contributed by atoms with van der Waals surface area (Å²) in [5.74, 6) is -1.28. The van der Waals surface area contributed by atoms with Gasteiger partial charge in [-0.25, -0.2) is 9.07 Å². The first-order valence-corrected chi connectivity index (χ1v) is 8.62. The fourth-order valence-electron chi connectivity index (χ4n) is 2.40. The number of ether oxygens (including phenoxy) is 2. The molecule has 0 radical (unpaired) electrons. The molecule has 0 atom stereocenters. The summed E-state index contributed by atoms with van der Waals surface area (Å²) >= 11 is 3.21. The quantitative estimate of drug-likeness (QED) is 0.588. The third-order valence-corrected chi connectivity index (χ3v) is 4.20. The number of amides is 1. The predicted octanol–water partition coefficient (Wildman–Crippen LogP) is 4.64. The molecule has 3 aromatic rings. The lowest BCUT2D eigenvalue weighted by Gasteiger charge is -2.12. The number of anilines is 1. The number of benzene rings is 2. The largest absolute Gasteiger partial charge is 0.493 e. The lowest BCUT2D eigenvalue weighted by Crippen LogP contribution is -2.14. The Balaban J connectivity index is 1.85. The molecule has 0 saturated carbocycles. The Kier molecular flexibility index (Phi) is 5.88. The number of rotatable bonds is 6. The molecule has 0 saturated heterocycles. The summed E-state index contributed by atoms with van der Waals surface area (Å²) in [5.41, 5.74) is 0.337. The van der Waals surface area contributed by atoms with Crippen LogP contribution in [0.25, 0.3) is 5.69 Å². The Morgan fingerprint density at radius 3 is 2.64 bits per heavy atom. The van der Waals surface area contributed by atoms with Gasteiger partial charge in [-0.3, -0.25) is 4.79 Å². The number of halogens is 4. The molecule has 0 aliphatic heterocycles. The Hall–Kier alpha value is -3.01. The van der Waals surface area contributed by atoms with Crippen LogP contribution in [-0.4, -0.2) is 29.4 Å². The zero-order valence-electron chi connectivity index (χ0n) is 14.3. The molecule has 3 rings (SSSR count). The number of para-hydroxylation sites is 1. The molecule has 0 spiro atoms. The first kappa shape index (κ1) is 19.7. The highest BCUT2D eigenvalue weighted by atomic mass is 79.9. The van der Waals surface area contributed by atoms with E-state index < -0.39 is 18.3 Å². The number of alkyl halides is 2. The average molecular weight is 456 g/mol. The highest BCUT2D eigenvalue weighted by molar-refractivity contribution is 9.10. The van der Waals surface area contributed by atoms with Crippen molar-refractivity contribution in [2.75, 3.05) is 12.4 Å². The van der Waals surface area contributed by atoms with E-state index in [0.717, 1.165) is 0 Å². The Bertz CT molecular complexity index is 1010. The number of nitrogens with zero attached hydrogens (tertiary/aromatic N) is 2. The summed E-state index contributed by atoms with van der Waals surface area (Å²) in [4.78, 5) is 12.5. The smallest absolute Gasteiger partial charge is 0.387 e. The molecule has 1 aromatic heterocycles. The highest BCUT2D eigenvalue weighted by Gasteiger charge is 2.19. The normalized spacial score (nSPS) is 10.8. The zero-order valence-corrected chi connectivity index (χ0v) is 15.9. The fraction of sp³-hybridized carbons (Fsp3) is 0.111. The number of aromatic nitrogens is 2. The molecule has 0 aliphatic rings. The van der Waals surface area contributed by atoms with E-state index in [9.17, 15) is 18.0 Å². The fourth-order valence-corrected chi connectivity index (χ4v) is 2.85. The van der Waals surface area contributed by atoms with Gasteiger partial charge in [-0.2, -0.15) is 13.9 Å². The Morgan fingerprint density at radius 1 is 1.21 bits per heavy atom. The summed E-state index contributed by atoms with van der Waals surface area (Å²) in [7, 11) is 1.30. The van der Waals surface area contributed by atoms with Gasteiger partial charge < -0.3 is 14.8 Å². The number of methoxy groups -OCH3 is 1. The van der Waals surface area contributed by atoms with Crippen LogP contribution in [0.5, 0.6) is 11.5 Å². The predicted molar refractivity (Wildman–Crippen MR) is 98.8 cm³/mol. The lowest BCUT2D eigenvalue weighted by atomic mass is 10.2. The maximum absolute atomic E-state index is 13.9. The number of carbonyl (C=O) groups is 1. The zero-order chi connectivity index (χ0) is 20.3. The molecular formula is C18H13BrF3N3O3. The molecule has 0 fully saturated rings. The van der Waals surface area contributed by atoms with E-state index in [0.29, 0.717) is 4.47 Å². The van der Waals surface area contributed by atoms with E-state index in [1.165, 1.54) is 54.4 Å². The van der Waals surface area contributed by atoms with E-state index in [2.05, 4.69) is 31.1 Å². The molecule has 1 heterocycles. The van der Waals surface area contributed by atoms with Crippen molar-refractivity contribution in [1.29, 1.82) is 0 Å². The minimum atomic E-state index is -3.05. The van der Waals surface area contributed by atoms with Gasteiger partial charge in [0.25, 0.3) is 5.91 Å². The topological polar surface area (TPSA) is 65.4 Å². The van der Waals surface area contributed by atoms with Gasteiger partial charge in [0.15, 0.2) is 17.2 Å². The van der Waals surface area contributed by atoms with Gasteiger partial charge in [-0.15, -0.1) is 0 Å². The van der Waals surface area contributed by atoms with Crippen molar-refractivity contribution in [2.45, 2.75) is 6.61 Å². The number of carbonyl (C=O) groups excluding carboxylic acids is 1. The first-order valence-electron chi connectivity index (χ1n) is 7.83. The second kappa shape index (κ2) is 8.34. The van der Waals surface area contributed by atoms with E-state index in [1.807, 2.05) is 0 Å². The summed E-state index contributed by atoms with van der Waals surface area (Å²) in [6, 6.07) is 9.98. The van der Waals surface area contributed by atoms with Crippen LogP contribution in [0.2, 0.25) is 0 Å². The van der Waals surface area contributed by atoms with Crippen molar-refractivity contribution in [1.82, 2.24) is 9.78 Å². The van der Waals surface area contributed by atoms with Crippen molar-refractivity contribution in [3.63, 3.8) is 0 Å². The minimum Gasteiger partial charge on any atom is -0.493 e. The van der Waals surface area contributed by atoms with Crippen LogP contribution in [0.3, 0.4) is 0 Å². The molecule has 6 nitrogen and oxygen atoms in total. The third kappa shape index (κ3) is 4.28. The molecule has 0 bridgehead atoms. The minimum absolute atomic E-state index is 0.0181. The maximum atomic E-state index is 13.9. The number of hydrogen-bond donors (Lipinski definition) is 1. The number of nitrogens with one attached hydrogen (secondary N) is 1. The third-order valence-electron chi connectivity index (χ3n) is 3.62. The van der Waals surface area contributed by atoms with E-state index in [1.54, 1.807) is 6.07 Å². The van der Waals surface area contributed by atoms with Crippen LogP contribution in [-0.2, 0) is 0 Å². The summed E-state index contributed by atoms with van der Waals surface area (Å²) in [5, 5.41) is 6.61. The SMILES string of the molecule is COc1ccc(NC(=O)c2nn(-c3ccccc3F)cc2Br)cc1OC(F)F. The van der Waals surface area contributed by atoms with Crippen LogP contribution in [0.4, 0.5) is 18.9 Å². The molecule has 1 amide bonds. The van der Waals surface area contributed by atoms with Gasteiger partial charge in [-0.05, 0) is 40.2 Å². The second-order valence-electron chi connectivity index (χ2n) is 5.42. The summed E-state index contributed by atoms with van der Waals surface area (Å²) in [6.45, 7) is -3.05. The molecule has 0 aliphatic carbocycles. The summed E-state index contributed by atoms with van der Waals surface area (Å²) < 4.78 is 49.8. The lowest BCUT2D eigenvalue weighted by molar-refractivity contribution is -0.0511. The monoisotopic (exact) mass is 455 g/mol. The molecule has 28 heavy (non-hydrogen) atoms. The maximum Gasteiger partial charge on any atom is 0.387 e. The van der Waals surface area contributed by atoms with Gasteiger partial charge in [0.2, 0.25) is 0 Å². The van der Waals surface area contributed by atoms with Crippen molar-refractivity contribution in [2.24, 2.45) is 0 Å². The van der Waals surface area contributed by atoms with Gasteiger partial charge in [-0.1, -0.05) is 12.1 Å². The van der Waals surface area contributed by atoms with E-state index >= 15 is 0 Å². The average Bonchev–Trinajstić information content (AvgIpc) is 3.03. The van der Waals surface area contributed by atoms with Crippen LogP contribution >= 0.6 is 15.9 Å². The van der Waals surface area contributed by atoms with Crippen molar-refractivity contribution < 1.29 is 27.4 Å². The van der Waals surface area contributed by atoms with Gasteiger partial charge in [0, 0.05) is 18.0 Å². The standard InChI is InChI=1S/C18H13BrF3N3O3/c1-27-14-7-6-10(8-15(14)28-18(21)22)23-17(26)16-11(19)9-25(24-16)13-5-3-2-4-12(13)20/h2-9,18H,1H3,(H,23,26). The van der Waals surface area contributed by atoms with Crippen LogP contribution in [0.15, 0.2) is 53.1 Å². The van der Waals surface area contributed by atoms with Crippen molar-refractivity contribution in [3.8, 4) is 17.2 Å². The van der Waals surface area contributed by atoms with Crippen LogP contribution < -0.4 is 14.8 Å². The molecule has 1 N–H and O–H groups in total. The Labute approximate surface area is 166 Å². The molecule has 0 unspecified atom stereocenters.